The van der Waals surface area contributed by atoms with Gasteiger partial charge in [0.2, 0.25) is 0 Å². The predicted octanol–water partition coefficient (Wildman–Crippen LogP) is 3.72. The summed E-state index contributed by atoms with van der Waals surface area (Å²) in [5.74, 6) is 0.984. The Morgan fingerprint density at radius 3 is 2.88 bits per heavy atom. The Labute approximate surface area is 107 Å². The van der Waals surface area contributed by atoms with Crippen LogP contribution in [0.3, 0.4) is 0 Å². The summed E-state index contributed by atoms with van der Waals surface area (Å²) in [6, 6.07) is 6.26. The first-order valence-corrected chi connectivity index (χ1v) is 6.85. The lowest BCUT2D eigenvalue weighted by Gasteiger charge is -2.01. The first kappa shape index (κ1) is 12.4. The third-order valence-electron chi connectivity index (χ3n) is 2.96. The summed E-state index contributed by atoms with van der Waals surface area (Å²) in [5, 5.41) is 4.78. The summed E-state index contributed by atoms with van der Waals surface area (Å²) in [7, 11) is 1.73. The van der Waals surface area contributed by atoms with Crippen molar-refractivity contribution in [3.63, 3.8) is 0 Å². The fourth-order valence-corrected chi connectivity index (χ4v) is 3.24. The molecular formula is C14H19NOS. The molecule has 2 nitrogen and oxygen atoms in total. The molecule has 0 spiro atoms. The van der Waals surface area contributed by atoms with Crippen molar-refractivity contribution in [3.05, 3.63) is 28.6 Å². The van der Waals surface area contributed by atoms with Gasteiger partial charge in [-0.05, 0) is 36.9 Å². The molecule has 17 heavy (non-hydrogen) atoms. The van der Waals surface area contributed by atoms with Crippen molar-refractivity contribution >= 4 is 21.4 Å². The van der Waals surface area contributed by atoms with Crippen LogP contribution in [0.25, 0.3) is 10.1 Å². The number of thiophene rings is 1. The van der Waals surface area contributed by atoms with Crippen LogP contribution in [0.2, 0.25) is 0 Å². The molecule has 1 heterocycles. The number of hydrogen-bond donors (Lipinski definition) is 1. The highest BCUT2D eigenvalue weighted by Crippen LogP contribution is 2.36. The van der Waals surface area contributed by atoms with Gasteiger partial charge in [0.1, 0.15) is 5.75 Å². The fourth-order valence-electron chi connectivity index (χ4n) is 1.97. The number of benzene rings is 1. The molecule has 0 aliphatic heterocycles. The minimum atomic E-state index is 0.960. The van der Waals surface area contributed by atoms with E-state index >= 15 is 0 Å². The van der Waals surface area contributed by atoms with Gasteiger partial charge in [0, 0.05) is 11.4 Å². The van der Waals surface area contributed by atoms with Gasteiger partial charge in [-0.2, -0.15) is 0 Å². The maximum atomic E-state index is 5.41. The van der Waals surface area contributed by atoms with Gasteiger partial charge >= 0.3 is 0 Å². The Balaban J connectivity index is 2.35. The molecular weight excluding hydrogens is 230 g/mol. The van der Waals surface area contributed by atoms with Crippen LogP contribution in [0.1, 0.15) is 23.8 Å². The molecule has 1 aromatic heterocycles. The van der Waals surface area contributed by atoms with E-state index in [9.17, 15) is 0 Å². The third-order valence-corrected chi connectivity index (χ3v) is 4.28. The van der Waals surface area contributed by atoms with E-state index in [0.29, 0.717) is 0 Å². The molecule has 0 saturated carbocycles. The Bertz CT molecular complexity index is 504. The summed E-state index contributed by atoms with van der Waals surface area (Å²) in [6.07, 6.45) is 1.17. The normalized spacial score (nSPS) is 11.0. The summed E-state index contributed by atoms with van der Waals surface area (Å²) >= 11 is 1.84. The molecule has 0 radical (unpaired) electrons. The Hall–Kier alpha value is -1.06. The number of ether oxygens (including phenoxy) is 1. The van der Waals surface area contributed by atoms with Crippen molar-refractivity contribution in [3.8, 4) is 5.75 Å². The maximum Gasteiger partial charge on any atom is 0.136 e. The summed E-state index contributed by atoms with van der Waals surface area (Å²) < 4.78 is 6.68. The summed E-state index contributed by atoms with van der Waals surface area (Å²) in [5.41, 5.74) is 1.38. The SMILES string of the molecule is CCCNCc1sc2c(OC)cccc2c1C. The minimum absolute atomic E-state index is 0.960. The number of methoxy groups -OCH3 is 1. The number of fused-ring (bicyclic) bond motifs is 1. The number of aryl methyl sites for hydroxylation is 1. The monoisotopic (exact) mass is 249 g/mol. The molecule has 1 N–H and O–H groups in total. The van der Waals surface area contributed by atoms with Crippen molar-refractivity contribution in [2.75, 3.05) is 13.7 Å². The molecule has 3 heteroatoms. The van der Waals surface area contributed by atoms with Gasteiger partial charge in [-0.15, -0.1) is 11.3 Å². The second-order valence-corrected chi connectivity index (χ2v) is 5.27. The van der Waals surface area contributed by atoms with E-state index in [1.54, 1.807) is 7.11 Å². The van der Waals surface area contributed by atoms with Crippen molar-refractivity contribution < 1.29 is 4.74 Å². The van der Waals surface area contributed by atoms with E-state index in [-0.39, 0.29) is 0 Å². The van der Waals surface area contributed by atoms with Crippen molar-refractivity contribution in [1.82, 2.24) is 5.32 Å². The quantitative estimate of drug-likeness (QED) is 0.815. The molecule has 1 aromatic carbocycles. The number of rotatable bonds is 5. The first-order chi connectivity index (χ1) is 8.27. The van der Waals surface area contributed by atoms with Crippen LogP contribution < -0.4 is 10.1 Å². The molecule has 92 valence electrons. The molecule has 2 aromatic rings. The predicted molar refractivity (Wildman–Crippen MR) is 75.1 cm³/mol. The van der Waals surface area contributed by atoms with Crippen LogP contribution in [0, 0.1) is 6.92 Å². The smallest absolute Gasteiger partial charge is 0.136 e. The van der Waals surface area contributed by atoms with Gasteiger partial charge < -0.3 is 10.1 Å². The summed E-state index contributed by atoms with van der Waals surface area (Å²) in [6.45, 7) is 6.42. The highest BCUT2D eigenvalue weighted by molar-refractivity contribution is 7.19. The van der Waals surface area contributed by atoms with Gasteiger partial charge in [-0.25, -0.2) is 0 Å². The van der Waals surface area contributed by atoms with Gasteiger partial charge in [0.25, 0.3) is 0 Å². The molecule has 0 fully saturated rings. The Morgan fingerprint density at radius 2 is 2.18 bits per heavy atom. The van der Waals surface area contributed by atoms with Gasteiger partial charge in [0.15, 0.2) is 0 Å². The number of hydrogen-bond acceptors (Lipinski definition) is 3. The van der Waals surface area contributed by atoms with E-state index in [1.807, 2.05) is 17.4 Å². The molecule has 0 saturated heterocycles. The third kappa shape index (κ3) is 2.45. The zero-order chi connectivity index (χ0) is 12.3. The summed E-state index contributed by atoms with van der Waals surface area (Å²) in [4.78, 5) is 1.41. The van der Waals surface area contributed by atoms with Crippen molar-refractivity contribution in [1.29, 1.82) is 0 Å². The second-order valence-electron chi connectivity index (χ2n) is 4.16. The standard InChI is InChI=1S/C14H19NOS/c1-4-8-15-9-13-10(2)11-6-5-7-12(16-3)14(11)17-13/h5-7,15H,4,8-9H2,1-3H3. The number of nitrogens with one attached hydrogen (secondary N) is 1. The second kappa shape index (κ2) is 5.52. The lowest BCUT2D eigenvalue weighted by Crippen LogP contribution is -2.13. The zero-order valence-electron chi connectivity index (χ0n) is 10.7. The van der Waals surface area contributed by atoms with Crippen LogP contribution >= 0.6 is 11.3 Å². The molecule has 0 aliphatic carbocycles. The van der Waals surface area contributed by atoms with Crippen molar-refractivity contribution in [2.24, 2.45) is 0 Å². The molecule has 2 rings (SSSR count). The Kier molecular flexibility index (Phi) is 4.02. The van der Waals surface area contributed by atoms with Crippen LogP contribution in [0.5, 0.6) is 5.75 Å². The fraction of sp³-hybridized carbons (Fsp3) is 0.429. The zero-order valence-corrected chi connectivity index (χ0v) is 11.5. The van der Waals surface area contributed by atoms with E-state index < -0.39 is 0 Å². The van der Waals surface area contributed by atoms with E-state index in [0.717, 1.165) is 18.8 Å². The first-order valence-electron chi connectivity index (χ1n) is 6.03. The minimum Gasteiger partial charge on any atom is -0.495 e. The van der Waals surface area contributed by atoms with Crippen LogP contribution in [-0.4, -0.2) is 13.7 Å². The maximum absolute atomic E-state index is 5.41. The highest BCUT2D eigenvalue weighted by Gasteiger charge is 2.11. The molecule has 0 aliphatic rings. The van der Waals surface area contributed by atoms with Crippen LogP contribution in [-0.2, 0) is 6.54 Å². The average Bonchev–Trinajstić information content (AvgIpc) is 2.67. The molecule has 0 bridgehead atoms. The van der Waals surface area contributed by atoms with E-state index in [2.05, 4.69) is 31.3 Å². The molecule has 0 amide bonds. The van der Waals surface area contributed by atoms with E-state index in [1.165, 1.54) is 26.9 Å². The largest absolute Gasteiger partial charge is 0.495 e. The molecule has 0 unspecified atom stereocenters. The Morgan fingerprint density at radius 1 is 1.35 bits per heavy atom. The lowest BCUT2D eigenvalue weighted by atomic mass is 10.1. The van der Waals surface area contributed by atoms with Gasteiger partial charge in [-0.3, -0.25) is 0 Å². The van der Waals surface area contributed by atoms with Crippen LogP contribution in [0.15, 0.2) is 18.2 Å². The van der Waals surface area contributed by atoms with Gasteiger partial charge in [-0.1, -0.05) is 19.1 Å². The molecule has 0 atom stereocenters. The van der Waals surface area contributed by atoms with Crippen molar-refractivity contribution in [2.45, 2.75) is 26.8 Å². The highest BCUT2D eigenvalue weighted by atomic mass is 32.1. The lowest BCUT2D eigenvalue weighted by molar-refractivity contribution is 0.420. The topological polar surface area (TPSA) is 21.3 Å². The average molecular weight is 249 g/mol. The van der Waals surface area contributed by atoms with E-state index in [4.69, 9.17) is 4.74 Å². The van der Waals surface area contributed by atoms with Gasteiger partial charge in [0.05, 0.1) is 11.8 Å². The van der Waals surface area contributed by atoms with Crippen LogP contribution in [0.4, 0.5) is 0 Å².